The summed E-state index contributed by atoms with van der Waals surface area (Å²) in [4.78, 5) is 24.5. The molecule has 0 bridgehead atoms. The lowest BCUT2D eigenvalue weighted by atomic mass is 10.1. The molecule has 1 unspecified atom stereocenters. The van der Waals surface area contributed by atoms with Crippen molar-refractivity contribution < 1.29 is 14.8 Å². The number of benzene rings is 1. The quantitative estimate of drug-likeness (QED) is 0.597. The van der Waals surface area contributed by atoms with Crippen molar-refractivity contribution in [2.75, 3.05) is 26.2 Å². The van der Waals surface area contributed by atoms with E-state index in [0.29, 0.717) is 6.54 Å². The Bertz CT molecular complexity index is 515. The molecule has 1 aliphatic heterocycles. The van der Waals surface area contributed by atoms with Crippen LogP contribution in [0.1, 0.15) is 23.2 Å². The van der Waals surface area contributed by atoms with E-state index in [-0.39, 0.29) is 30.4 Å². The fourth-order valence-corrected chi connectivity index (χ4v) is 2.56. The molecule has 1 atom stereocenters. The zero-order chi connectivity index (χ0) is 15.2. The van der Waals surface area contributed by atoms with Crippen LogP contribution in [0.4, 0.5) is 5.69 Å². The van der Waals surface area contributed by atoms with E-state index < -0.39 is 10.8 Å². The van der Waals surface area contributed by atoms with Gasteiger partial charge in [0.2, 0.25) is 0 Å². The van der Waals surface area contributed by atoms with E-state index in [2.05, 4.69) is 5.32 Å². The number of hydrogen-bond acceptors (Lipinski definition) is 5. The maximum atomic E-state index is 12.5. The number of aliphatic hydroxyl groups excluding tert-OH is 1. The molecule has 0 saturated carbocycles. The van der Waals surface area contributed by atoms with Crippen LogP contribution in [-0.2, 0) is 0 Å². The van der Waals surface area contributed by atoms with Gasteiger partial charge in [-0.15, -0.1) is 0 Å². The summed E-state index contributed by atoms with van der Waals surface area (Å²) in [5, 5.41) is 23.4. The first-order valence-electron chi connectivity index (χ1n) is 7.00. The lowest BCUT2D eigenvalue weighted by Gasteiger charge is -2.25. The van der Waals surface area contributed by atoms with Gasteiger partial charge in [-0.05, 0) is 25.5 Å². The van der Waals surface area contributed by atoms with Crippen molar-refractivity contribution in [1.29, 1.82) is 0 Å². The first-order chi connectivity index (χ1) is 10.1. The molecule has 114 valence electrons. The molecule has 1 aromatic rings. The molecule has 7 heteroatoms. The zero-order valence-corrected chi connectivity index (χ0v) is 11.7. The Hall–Kier alpha value is -1.99. The summed E-state index contributed by atoms with van der Waals surface area (Å²) in [6.07, 6.45) is 2.02. The van der Waals surface area contributed by atoms with Gasteiger partial charge in [-0.1, -0.05) is 12.1 Å². The van der Waals surface area contributed by atoms with Gasteiger partial charge in [-0.2, -0.15) is 0 Å². The van der Waals surface area contributed by atoms with Gasteiger partial charge in [0.25, 0.3) is 11.6 Å². The molecule has 1 aromatic carbocycles. The Morgan fingerprint density at radius 2 is 2.24 bits per heavy atom. The van der Waals surface area contributed by atoms with Crippen LogP contribution in [0.5, 0.6) is 0 Å². The van der Waals surface area contributed by atoms with Crippen molar-refractivity contribution in [1.82, 2.24) is 10.2 Å². The Morgan fingerprint density at radius 1 is 1.48 bits per heavy atom. The largest absolute Gasteiger partial charge is 0.395 e. The van der Waals surface area contributed by atoms with E-state index in [1.54, 1.807) is 6.07 Å². The standard InChI is InChI=1S/C14H19N3O4/c18-9-8-16(10-11-4-3-7-15-11)14(19)12-5-1-2-6-13(12)17(20)21/h1-2,5-6,11,15,18H,3-4,7-10H2. The van der Waals surface area contributed by atoms with Crippen LogP contribution in [-0.4, -0.2) is 53.1 Å². The predicted octanol–water partition coefficient (Wildman–Crippen LogP) is 0.781. The number of hydrogen-bond donors (Lipinski definition) is 2. The zero-order valence-electron chi connectivity index (χ0n) is 11.7. The molecule has 1 aliphatic rings. The van der Waals surface area contributed by atoms with Gasteiger partial charge in [0, 0.05) is 25.2 Å². The fourth-order valence-electron chi connectivity index (χ4n) is 2.56. The summed E-state index contributed by atoms with van der Waals surface area (Å²) in [7, 11) is 0. The van der Waals surface area contributed by atoms with E-state index in [4.69, 9.17) is 5.11 Å². The molecule has 1 amide bonds. The minimum Gasteiger partial charge on any atom is -0.395 e. The predicted molar refractivity (Wildman–Crippen MR) is 77.1 cm³/mol. The van der Waals surface area contributed by atoms with Crippen molar-refractivity contribution in [2.24, 2.45) is 0 Å². The molecule has 0 spiro atoms. The number of nitrogens with one attached hydrogen (secondary N) is 1. The van der Waals surface area contributed by atoms with Crippen LogP contribution in [0.3, 0.4) is 0 Å². The lowest BCUT2D eigenvalue weighted by molar-refractivity contribution is -0.385. The summed E-state index contributed by atoms with van der Waals surface area (Å²) in [5.41, 5.74) is -0.140. The third kappa shape index (κ3) is 3.77. The number of para-hydroxylation sites is 1. The normalized spacial score (nSPS) is 17.7. The highest BCUT2D eigenvalue weighted by molar-refractivity contribution is 5.98. The fraction of sp³-hybridized carbons (Fsp3) is 0.500. The molecule has 0 aliphatic carbocycles. The molecule has 1 saturated heterocycles. The molecular formula is C14H19N3O4. The van der Waals surface area contributed by atoms with Gasteiger partial charge >= 0.3 is 0 Å². The van der Waals surface area contributed by atoms with Crippen LogP contribution in [0, 0.1) is 10.1 Å². The van der Waals surface area contributed by atoms with E-state index >= 15 is 0 Å². The Kier molecular flexibility index (Phi) is 5.24. The molecule has 2 rings (SSSR count). The summed E-state index contributed by atoms with van der Waals surface area (Å²) in [6, 6.07) is 6.09. The minimum absolute atomic E-state index is 0.0638. The van der Waals surface area contributed by atoms with Crippen molar-refractivity contribution >= 4 is 11.6 Å². The van der Waals surface area contributed by atoms with Gasteiger partial charge < -0.3 is 15.3 Å². The number of aliphatic hydroxyl groups is 1. The first kappa shape index (κ1) is 15.4. The molecule has 0 radical (unpaired) electrons. The molecule has 2 N–H and O–H groups in total. The second-order valence-electron chi connectivity index (χ2n) is 5.04. The monoisotopic (exact) mass is 293 g/mol. The molecule has 7 nitrogen and oxygen atoms in total. The van der Waals surface area contributed by atoms with Gasteiger partial charge in [-0.25, -0.2) is 0 Å². The Morgan fingerprint density at radius 3 is 2.86 bits per heavy atom. The van der Waals surface area contributed by atoms with Crippen LogP contribution < -0.4 is 5.32 Å². The Labute approximate surface area is 122 Å². The third-order valence-corrected chi connectivity index (χ3v) is 3.59. The van der Waals surface area contributed by atoms with Gasteiger partial charge in [0.1, 0.15) is 5.56 Å². The maximum absolute atomic E-state index is 12.5. The number of nitro benzene ring substituents is 1. The highest BCUT2D eigenvalue weighted by Gasteiger charge is 2.26. The average Bonchev–Trinajstić information content (AvgIpc) is 2.99. The third-order valence-electron chi connectivity index (χ3n) is 3.59. The number of amides is 1. The van der Waals surface area contributed by atoms with E-state index in [1.807, 2.05) is 0 Å². The van der Waals surface area contributed by atoms with Crippen molar-refractivity contribution in [2.45, 2.75) is 18.9 Å². The molecule has 1 heterocycles. The molecular weight excluding hydrogens is 274 g/mol. The van der Waals surface area contributed by atoms with Crippen molar-refractivity contribution in [3.8, 4) is 0 Å². The second-order valence-corrected chi connectivity index (χ2v) is 5.04. The molecule has 21 heavy (non-hydrogen) atoms. The lowest BCUT2D eigenvalue weighted by Crippen LogP contribution is -2.42. The summed E-state index contributed by atoms with van der Waals surface area (Å²) >= 11 is 0. The number of rotatable bonds is 6. The SMILES string of the molecule is O=C(c1ccccc1[N+](=O)[O-])N(CCO)CC1CCCN1. The molecule has 0 aromatic heterocycles. The van der Waals surface area contributed by atoms with Gasteiger partial charge in [-0.3, -0.25) is 14.9 Å². The van der Waals surface area contributed by atoms with Crippen molar-refractivity contribution in [3.63, 3.8) is 0 Å². The first-order valence-corrected chi connectivity index (χ1v) is 7.00. The minimum atomic E-state index is -0.557. The Balaban J connectivity index is 2.19. The average molecular weight is 293 g/mol. The highest BCUT2D eigenvalue weighted by atomic mass is 16.6. The molecule has 1 fully saturated rings. The summed E-state index contributed by atoms with van der Waals surface area (Å²) < 4.78 is 0. The van der Waals surface area contributed by atoms with Crippen LogP contribution in [0.2, 0.25) is 0 Å². The summed E-state index contributed by atoms with van der Waals surface area (Å²) in [5.74, 6) is -0.412. The van der Waals surface area contributed by atoms with Crippen LogP contribution in [0.25, 0.3) is 0 Å². The smallest absolute Gasteiger partial charge is 0.282 e. The number of nitrogens with zero attached hydrogens (tertiary/aromatic N) is 2. The topological polar surface area (TPSA) is 95.7 Å². The maximum Gasteiger partial charge on any atom is 0.282 e. The van der Waals surface area contributed by atoms with E-state index in [0.717, 1.165) is 19.4 Å². The highest BCUT2D eigenvalue weighted by Crippen LogP contribution is 2.20. The van der Waals surface area contributed by atoms with E-state index in [1.165, 1.54) is 23.1 Å². The number of nitro groups is 1. The van der Waals surface area contributed by atoms with Crippen molar-refractivity contribution in [3.05, 3.63) is 39.9 Å². The summed E-state index contributed by atoms with van der Waals surface area (Å²) in [6.45, 7) is 1.37. The van der Waals surface area contributed by atoms with Crippen LogP contribution >= 0.6 is 0 Å². The van der Waals surface area contributed by atoms with Gasteiger partial charge in [0.15, 0.2) is 0 Å². The van der Waals surface area contributed by atoms with Gasteiger partial charge in [0.05, 0.1) is 11.5 Å². The van der Waals surface area contributed by atoms with E-state index in [9.17, 15) is 14.9 Å². The van der Waals surface area contributed by atoms with Crippen LogP contribution in [0.15, 0.2) is 24.3 Å². The second kappa shape index (κ2) is 7.14. The number of carbonyl (C=O) groups excluding carboxylic acids is 1. The number of carbonyl (C=O) groups is 1.